The normalized spacial score (nSPS) is 15.8. The number of nitrogens with two attached hydrogens (primary N) is 1. The molecule has 2 heterocycles. The smallest absolute Gasteiger partial charge is 0.309 e. The first kappa shape index (κ1) is 15.6. The van der Waals surface area contributed by atoms with Crippen LogP contribution in [-0.4, -0.2) is 41.5 Å². The molecule has 0 aromatic carbocycles. The van der Waals surface area contributed by atoms with Gasteiger partial charge in [0.05, 0.1) is 30.0 Å². The average Bonchev–Trinajstić information content (AvgIpc) is 2.49. The van der Waals surface area contributed by atoms with Crippen molar-refractivity contribution in [2.45, 2.75) is 19.8 Å². The highest BCUT2D eigenvalue weighted by Crippen LogP contribution is 2.23. The predicted molar refractivity (Wildman–Crippen MR) is 78.9 cm³/mol. The maximum Gasteiger partial charge on any atom is 0.309 e. The molecule has 1 amide bonds. The van der Waals surface area contributed by atoms with Gasteiger partial charge in [-0.3, -0.25) is 9.59 Å². The Bertz CT molecular complexity index is 542. The van der Waals surface area contributed by atoms with Crippen molar-refractivity contribution < 1.29 is 14.3 Å². The first-order valence-electron chi connectivity index (χ1n) is 6.89. The molecule has 2 N–H and O–H groups in total. The predicted octanol–water partition coefficient (Wildman–Crippen LogP) is 1.73. The van der Waals surface area contributed by atoms with Crippen LogP contribution in [-0.2, 0) is 9.53 Å². The van der Waals surface area contributed by atoms with Gasteiger partial charge in [-0.25, -0.2) is 4.98 Å². The Labute approximate surface area is 128 Å². The van der Waals surface area contributed by atoms with Crippen molar-refractivity contribution in [1.29, 1.82) is 0 Å². The first-order chi connectivity index (χ1) is 10.0. The molecule has 1 aromatic rings. The van der Waals surface area contributed by atoms with E-state index in [9.17, 15) is 9.59 Å². The summed E-state index contributed by atoms with van der Waals surface area (Å²) in [5.74, 6) is -0.498. The molecule has 1 aromatic heterocycles. The number of likely N-dealkylation sites (tertiary alicyclic amines) is 1. The van der Waals surface area contributed by atoms with Gasteiger partial charge in [0, 0.05) is 13.1 Å². The van der Waals surface area contributed by atoms with Crippen molar-refractivity contribution in [3.8, 4) is 0 Å². The van der Waals surface area contributed by atoms with Crippen molar-refractivity contribution in [3.63, 3.8) is 0 Å². The molecule has 0 unspecified atom stereocenters. The molecule has 2 rings (SSSR count). The summed E-state index contributed by atoms with van der Waals surface area (Å²) >= 11 is 5.80. The largest absolute Gasteiger partial charge is 0.466 e. The Hall–Kier alpha value is -1.82. The van der Waals surface area contributed by atoms with E-state index < -0.39 is 0 Å². The Balaban J connectivity index is 2.00. The van der Waals surface area contributed by atoms with Crippen molar-refractivity contribution in [3.05, 3.63) is 23.0 Å². The number of rotatable bonds is 3. The number of ether oxygens (including phenoxy) is 1. The molecule has 1 aliphatic heterocycles. The highest BCUT2D eigenvalue weighted by molar-refractivity contribution is 6.29. The number of amides is 1. The lowest BCUT2D eigenvalue weighted by atomic mass is 9.96. The molecule has 0 radical (unpaired) electrons. The van der Waals surface area contributed by atoms with Gasteiger partial charge in [0.15, 0.2) is 0 Å². The second-order valence-electron chi connectivity index (χ2n) is 4.91. The Kier molecular flexibility index (Phi) is 5.01. The van der Waals surface area contributed by atoms with Crippen LogP contribution in [0.15, 0.2) is 12.3 Å². The topological polar surface area (TPSA) is 85.5 Å². The number of nitrogens with zero attached hydrogens (tertiary/aromatic N) is 2. The van der Waals surface area contributed by atoms with Gasteiger partial charge in [-0.15, -0.1) is 0 Å². The SMILES string of the molecule is CCOC(=O)C1CCN(C(=O)c2cc(Cl)ncc2N)CC1. The maximum atomic E-state index is 12.4. The number of pyridine rings is 1. The zero-order chi connectivity index (χ0) is 15.4. The van der Waals surface area contributed by atoms with Crippen LogP contribution in [0.1, 0.15) is 30.1 Å². The van der Waals surface area contributed by atoms with Crippen LogP contribution in [0.25, 0.3) is 0 Å². The van der Waals surface area contributed by atoms with E-state index in [-0.39, 0.29) is 22.9 Å². The third-order valence-corrected chi connectivity index (χ3v) is 3.74. The summed E-state index contributed by atoms with van der Waals surface area (Å²) in [6, 6.07) is 1.47. The molecule has 0 bridgehead atoms. The van der Waals surface area contributed by atoms with Crippen LogP contribution >= 0.6 is 11.6 Å². The van der Waals surface area contributed by atoms with Gasteiger partial charge in [-0.2, -0.15) is 0 Å². The number of aromatic nitrogens is 1. The highest BCUT2D eigenvalue weighted by Gasteiger charge is 2.29. The van der Waals surface area contributed by atoms with E-state index in [0.717, 1.165) is 0 Å². The van der Waals surface area contributed by atoms with E-state index in [2.05, 4.69) is 4.98 Å². The van der Waals surface area contributed by atoms with E-state index in [0.29, 0.717) is 43.8 Å². The summed E-state index contributed by atoms with van der Waals surface area (Å²) in [5.41, 5.74) is 6.42. The zero-order valence-corrected chi connectivity index (χ0v) is 12.6. The van der Waals surface area contributed by atoms with Gasteiger partial charge in [0.25, 0.3) is 5.91 Å². The molecule has 0 aliphatic carbocycles. The van der Waals surface area contributed by atoms with Crippen LogP contribution in [0.4, 0.5) is 5.69 Å². The van der Waals surface area contributed by atoms with E-state index in [1.165, 1.54) is 12.3 Å². The molecule has 21 heavy (non-hydrogen) atoms. The zero-order valence-electron chi connectivity index (χ0n) is 11.8. The van der Waals surface area contributed by atoms with Crippen LogP contribution in [0.5, 0.6) is 0 Å². The molecule has 0 spiro atoms. The van der Waals surface area contributed by atoms with E-state index in [1.54, 1.807) is 11.8 Å². The number of hydrogen-bond donors (Lipinski definition) is 1. The summed E-state index contributed by atoms with van der Waals surface area (Å²) in [6.45, 7) is 3.17. The number of esters is 1. The fraction of sp³-hybridized carbons (Fsp3) is 0.500. The minimum Gasteiger partial charge on any atom is -0.466 e. The number of piperidine rings is 1. The molecule has 0 atom stereocenters. The molecular formula is C14H18ClN3O3. The molecule has 1 aliphatic rings. The van der Waals surface area contributed by atoms with Gasteiger partial charge in [-0.05, 0) is 25.8 Å². The van der Waals surface area contributed by atoms with Crippen LogP contribution in [0.3, 0.4) is 0 Å². The van der Waals surface area contributed by atoms with Gasteiger partial charge in [-0.1, -0.05) is 11.6 Å². The Morgan fingerprint density at radius 3 is 2.76 bits per heavy atom. The quantitative estimate of drug-likeness (QED) is 0.678. The lowest BCUT2D eigenvalue weighted by Gasteiger charge is -2.31. The summed E-state index contributed by atoms with van der Waals surface area (Å²) < 4.78 is 5.01. The fourth-order valence-electron chi connectivity index (χ4n) is 2.37. The van der Waals surface area contributed by atoms with Crippen LogP contribution in [0.2, 0.25) is 5.15 Å². The molecule has 6 nitrogen and oxygen atoms in total. The summed E-state index contributed by atoms with van der Waals surface area (Å²) in [5, 5.41) is 0.231. The molecule has 0 saturated carbocycles. The summed E-state index contributed by atoms with van der Waals surface area (Å²) in [6.07, 6.45) is 2.58. The molecule has 1 fully saturated rings. The van der Waals surface area contributed by atoms with Gasteiger partial charge in [0.1, 0.15) is 5.15 Å². The number of anilines is 1. The molecule has 7 heteroatoms. The number of hydrogen-bond acceptors (Lipinski definition) is 5. The lowest BCUT2D eigenvalue weighted by molar-refractivity contribution is -0.149. The number of halogens is 1. The maximum absolute atomic E-state index is 12.4. The molecule has 114 valence electrons. The lowest BCUT2D eigenvalue weighted by Crippen LogP contribution is -2.40. The Morgan fingerprint density at radius 1 is 1.48 bits per heavy atom. The number of carbonyl (C=O) groups excluding carboxylic acids is 2. The monoisotopic (exact) mass is 311 g/mol. The van der Waals surface area contributed by atoms with Gasteiger partial charge < -0.3 is 15.4 Å². The number of carbonyl (C=O) groups is 2. The number of nitrogen functional groups attached to an aromatic ring is 1. The summed E-state index contributed by atoms with van der Waals surface area (Å²) in [7, 11) is 0. The third kappa shape index (κ3) is 3.64. The van der Waals surface area contributed by atoms with Crippen LogP contribution < -0.4 is 5.73 Å². The molecule has 1 saturated heterocycles. The third-order valence-electron chi connectivity index (χ3n) is 3.53. The second kappa shape index (κ2) is 6.76. The van der Waals surface area contributed by atoms with Crippen molar-refractivity contribution in [2.24, 2.45) is 5.92 Å². The van der Waals surface area contributed by atoms with Gasteiger partial charge >= 0.3 is 5.97 Å². The van der Waals surface area contributed by atoms with E-state index >= 15 is 0 Å². The fourth-order valence-corrected chi connectivity index (χ4v) is 2.53. The van der Waals surface area contributed by atoms with Crippen molar-refractivity contribution in [1.82, 2.24) is 9.88 Å². The molecular weight excluding hydrogens is 294 g/mol. The minimum atomic E-state index is -0.184. The minimum absolute atomic E-state index is 0.132. The van der Waals surface area contributed by atoms with Gasteiger partial charge in [0.2, 0.25) is 0 Å². The second-order valence-corrected chi connectivity index (χ2v) is 5.30. The summed E-state index contributed by atoms with van der Waals surface area (Å²) in [4.78, 5) is 29.6. The first-order valence-corrected chi connectivity index (χ1v) is 7.27. The Morgan fingerprint density at radius 2 is 2.14 bits per heavy atom. The van der Waals surface area contributed by atoms with Crippen LogP contribution in [0, 0.1) is 5.92 Å². The van der Waals surface area contributed by atoms with E-state index in [4.69, 9.17) is 22.1 Å². The average molecular weight is 312 g/mol. The highest BCUT2D eigenvalue weighted by atomic mass is 35.5. The standard InChI is InChI=1S/C14H18ClN3O3/c1-2-21-14(20)9-3-5-18(6-4-9)13(19)10-7-12(15)17-8-11(10)16/h7-9H,2-6,16H2,1H3. The van der Waals surface area contributed by atoms with Crippen molar-refractivity contribution in [2.75, 3.05) is 25.4 Å². The van der Waals surface area contributed by atoms with Crippen molar-refractivity contribution >= 4 is 29.2 Å². The van der Waals surface area contributed by atoms with E-state index in [1.807, 2.05) is 0 Å².